The van der Waals surface area contributed by atoms with Crippen LogP contribution in [0.2, 0.25) is 0 Å². The van der Waals surface area contributed by atoms with Gasteiger partial charge in [-0.25, -0.2) is 0 Å². The monoisotopic (exact) mass is 234 g/mol. The van der Waals surface area contributed by atoms with E-state index in [1.54, 1.807) is 0 Å². The first-order chi connectivity index (χ1) is 7.31. The highest BCUT2D eigenvalue weighted by molar-refractivity contribution is 5.92. The number of carbonyl (C=O) groups excluding carboxylic acids is 1. The number of alkyl halides is 3. The van der Waals surface area contributed by atoms with Crippen molar-refractivity contribution in [1.82, 2.24) is 4.57 Å². The second-order valence-corrected chi connectivity index (χ2v) is 3.15. The minimum atomic E-state index is -4.35. The molecule has 1 heterocycles. The number of aromatic nitrogens is 1. The molecular weight excluding hydrogens is 225 g/mol. The molecule has 1 aromatic rings. The van der Waals surface area contributed by atoms with Crippen molar-refractivity contribution in [2.45, 2.75) is 19.1 Å². The molecule has 0 aliphatic heterocycles. The number of halogens is 3. The zero-order valence-corrected chi connectivity index (χ0v) is 8.12. The van der Waals surface area contributed by atoms with Crippen molar-refractivity contribution in [2.75, 3.05) is 0 Å². The van der Waals surface area contributed by atoms with Gasteiger partial charge in [-0.1, -0.05) is 0 Å². The van der Waals surface area contributed by atoms with E-state index in [1.165, 1.54) is 18.3 Å². The number of carbonyl (C=O) groups is 1. The minimum absolute atomic E-state index is 0.315. The molecule has 2 N–H and O–H groups in total. The van der Waals surface area contributed by atoms with Crippen molar-refractivity contribution >= 4 is 5.91 Å². The largest absolute Gasteiger partial charge is 0.390 e. The number of pyridine rings is 1. The second kappa shape index (κ2) is 4.38. The van der Waals surface area contributed by atoms with Crippen LogP contribution < -0.4 is 11.3 Å². The van der Waals surface area contributed by atoms with E-state index >= 15 is 0 Å². The van der Waals surface area contributed by atoms with Crippen LogP contribution in [0.1, 0.15) is 16.8 Å². The highest BCUT2D eigenvalue weighted by Crippen LogP contribution is 2.19. The van der Waals surface area contributed by atoms with E-state index in [9.17, 15) is 22.8 Å². The minimum Gasteiger partial charge on any atom is -0.365 e. The molecule has 0 spiro atoms. The zero-order valence-electron chi connectivity index (χ0n) is 8.12. The van der Waals surface area contributed by atoms with Gasteiger partial charge in [0.1, 0.15) is 5.56 Å². The van der Waals surface area contributed by atoms with Crippen LogP contribution in [-0.2, 0) is 6.54 Å². The highest BCUT2D eigenvalue weighted by Gasteiger charge is 2.26. The molecule has 0 bridgehead atoms. The van der Waals surface area contributed by atoms with E-state index in [0.29, 0.717) is 0 Å². The van der Waals surface area contributed by atoms with Gasteiger partial charge in [-0.15, -0.1) is 0 Å². The lowest BCUT2D eigenvalue weighted by atomic mass is 10.2. The van der Waals surface area contributed by atoms with Gasteiger partial charge in [-0.05, 0) is 12.1 Å². The van der Waals surface area contributed by atoms with Crippen molar-refractivity contribution in [3.8, 4) is 0 Å². The molecule has 0 saturated heterocycles. The molecular formula is C9H9F3N2O2. The summed E-state index contributed by atoms with van der Waals surface area (Å²) in [5.41, 5.74) is 3.77. The predicted octanol–water partition coefficient (Wildman–Crippen LogP) is 0.900. The molecule has 0 aromatic carbocycles. The first-order valence-corrected chi connectivity index (χ1v) is 4.37. The van der Waals surface area contributed by atoms with E-state index in [-0.39, 0.29) is 5.56 Å². The molecule has 0 fully saturated rings. The van der Waals surface area contributed by atoms with Gasteiger partial charge >= 0.3 is 6.18 Å². The predicted molar refractivity (Wildman–Crippen MR) is 49.9 cm³/mol. The smallest absolute Gasteiger partial charge is 0.365 e. The number of nitrogens with zero attached hydrogens (tertiary/aromatic N) is 1. The SMILES string of the molecule is NC(=O)c1cccn(CCC(F)(F)F)c1=O. The molecule has 7 heteroatoms. The van der Waals surface area contributed by atoms with Gasteiger partial charge in [0, 0.05) is 12.7 Å². The van der Waals surface area contributed by atoms with E-state index in [1.807, 2.05) is 0 Å². The van der Waals surface area contributed by atoms with Crippen LogP contribution in [0, 0.1) is 0 Å². The van der Waals surface area contributed by atoms with Gasteiger partial charge in [0.05, 0.1) is 6.42 Å². The average Bonchev–Trinajstić information content (AvgIpc) is 2.14. The second-order valence-electron chi connectivity index (χ2n) is 3.15. The van der Waals surface area contributed by atoms with Crippen molar-refractivity contribution in [3.63, 3.8) is 0 Å². The lowest BCUT2D eigenvalue weighted by Crippen LogP contribution is -2.30. The summed E-state index contributed by atoms with van der Waals surface area (Å²) in [4.78, 5) is 22.2. The fourth-order valence-corrected chi connectivity index (χ4v) is 1.15. The number of hydrogen-bond acceptors (Lipinski definition) is 2. The Morgan fingerprint density at radius 3 is 2.56 bits per heavy atom. The normalized spacial score (nSPS) is 11.4. The molecule has 0 aliphatic rings. The van der Waals surface area contributed by atoms with Gasteiger partial charge < -0.3 is 10.3 Å². The van der Waals surface area contributed by atoms with Crippen molar-refractivity contribution in [3.05, 3.63) is 34.2 Å². The maximum Gasteiger partial charge on any atom is 0.390 e. The summed E-state index contributed by atoms with van der Waals surface area (Å²) in [6, 6.07) is 2.48. The summed E-state index contributed by atoms with van der Waals surface area (Å²) < 4.78 is 36.6. The molecule has 0 aliphatic carbocycles. The lowest BCUT2D eigenvalue weighted by molar-refractivity contribution is -0.136. The Balaban J connectivity index is 2.95. The first-order valence-electron chi connectivity index (χ1n) is 4.37. The number of amides is 1. The Bertz CT molecular complexity index is 451. The number of rotatable bonds is 3. The summed E-state index contributed by atoms with van der Waals surface area (Å²) in [7, 11) is 0. The van der Waals surface area contributed by atoms with Crippen LogP contribution >= 0.6 is 0 Å². The average molecular weight is 234 g/mol. The maximum atomic E-state index is 11.9. The molecule has 1 rings (SSSR count). The molecule has 0 atom stereocenters. The van der Waals surface area contributed by atoms with Crippen LogP contribution in [0.5, 0.6) is 0 Å². The third kappa shape index (κ3) is 3.11. The number of hydrogen-bond donors (Lipinski definition) is 1. The Morgan fingerprint density at radius 2 is 2.06 bits per heavy atom. The summed E-state index contributed by atoms with van der Waals surface area (Å²) in [5, 5.41) is 0. The Labute approximate surface area is 88.5 Å². The Kier molecular flexibility index (Phi) is 3.36. The van der Waals surface area contributed by atoms with E-state index < -0.39 is 30.6 Å². The number of aryl methyl sites for hydroxylation is 1. The molecule has 0 radical (unpaired) electrons. The number of primary amides is 1. The quantitative estimate of drug-likeness (QED) is 0.844. The summed E-state index contributed by atoms with van der Waals surface area (Å²) in [5.74, 6) is -0.952. The first kappa shape index (κ1) is 12.3. The number of nitrogens with two attached hydrogens (primary N) is 1. The third-order valence-corrected chi connectivity index (χ3v) is 1.92. The summed E-state index contributed by atoms with van der Waals surface area (Å²) in [6.45, 7) is -0.524. The van der Waals surface area contributed by atoms with Crippen LogP contribution in [-0.4, -0.2) is 16.7 Å². The topological polar surface area (TPSA) is 65.1 Å². The van der Waals surface area contributed by atoms with Crippen LogP contribution in [0.4, 0.5) is 13.2 Å². The molecule has 1 aromatic heterocycles. The van der Waals surface area contributed by atoms with Gasteiger partial charge in [-0.2, -0.15) is 13.2 Å². The van der Waals surface area contributed by atoms with Gasteiger partial charge in [-0.3, -0.25) is 9.59 Å². The van der Waals surface area contributed by atoms with E-state index in [2.05, 4.69) is 0 Å². The summed E-state index contributed by atoms with van der Waals surface area (Å²) >= 11 is 0. The molecule has 0 unspecified atom stereocenters. The van der Waals surface area contributed by atoms with Crippen LogP contribution in [0.3, 0.4) is 0 Å². The van der Waals surface area contributed by atoms with Crippen molar-refractivity contribution in [2.24, 2.45) is 5.73 Å². The van der Waals surface area contributed by atoms with E-state index in [4.69, 9.17) is 5.73 Å². The van der Waals surface area contributed by atoms with Crippen LogP contribution in [0.15, 0.2) is 23.1 Å². The van der Waals surface area contributed by atoms with Gasteiger partial charge in [0.15, 0.2) is 0 Å². The van der Waals surface area contributed by atoms with Crippen LogP contribution in [0.25, 0.3) is 0 Å². The summed E-state index contributed by atoms with van der Waals surface area (Å²) in [6.07, 6.45) is -4.29. The van der Waals surface area contributed by atoms with Gasteiger partial charge in [0.25, 0.3) is 11.5 Å². The Morgan fingerprint density at radius 1 is 1.44 bits per heavy atom. The Hall–Kier alpha value is -1.79. The molecule has 0 saturated carbocycles. The lowest BCUT2D eigenvalue weighted by Gasteiger charge is -2.08. The molecule has 1 amide bonds. The zero-order chi connectivity index (χ0) is 12.3. The fraction of sp³-hybridized carbons (Fsp3) is 0.333. The molecule has 16 heavy (non-hydrogen) atoms. The molecule has 88 valence electrons. The standard InChI is InChI=1S/C9H9F3N2O2/c10-9(11,12)3-5-14-4-1-2-6(7(13)15)8(14)16/h1-2,4H,3,5H2,(H2,13,15). The van der Waals surface area contributed by atoms with Crippen molar-refractivity contribution < 1.29 is 18.0 Å². The maximum absolute atomic E-state index is 11.9. The third-order valence-electron chi connectivity index (χ3n) is 1.92. The van der Waals surface area contributed by atoms with Crippen molar-refractivity contribution in [1.29, 1.82) is 0 Å². The van der Waals surface area contributed by atoms with E-state index in [0.717, 1.165) is 4.57 Å². The highest BCUT2D eigenvalue weighted by atomic mass is 19.4. The fourth-order valence-electron chi connectivity index (χ4n) is 1.15. The van der Waals surface area contributed by atoms with Gasteiger partial charge in [0.2, 0.25) is 0 Å². The molecule has 4 nitrogen and oxygen atoms in total.